The van der Waals surface area contributed by atoms with Crippen molar-refractivity contribution < 1.29 is 9.34 Å². The van der Waals surface area contributed by atoms with Gasteiger partial charge in [-0.1, -0.05) is 18.2 Å². The quantitative estimate of drug-likeness (QED) is 0.211. The van der Waals surface area contributed by atoms with Crippen molar-refractivity contribution >= 4 is 22.7 Å². The second-order valence-electron chi connectivity index (χ2n) is 7.45. The molecule has 3 N–H and O–H groups in total. The lowest BCUT2D eigenvalue weighted by atomic mass is 10.1. The summed E-state index contributed by atoms with van der Waals surface area (Å²) in [6.45, 7) is 2.00. The number of furan rings is 1. The molecular formula is C22H29N5O3S. The molecule has 31 heavy (non-hydrogen) atoms. The highest BCUT2D eigenvalue weighted by molar-refractivity contribution is 7.98. The van der Waals surface area contributed by atoms with Gasteiger partial charge in [0.05, 0.1) is 17.2 Å². The van der Waals surface area contributed by atoms with Crippen molar-refractivity contribution in [3.8, 4) is 0 Å². The number of nitrogens with one attached hydrogen (secondary N) is 3. The standard InChI is InChI=1S/C22H29N5O3S/c1-26(2)14-18-7-8-19(30-18)16-31-12-11-24-22(15-27(28)29)23-10-9-17-13-25-21-6-4-3-5-20(17)21/h3-8,13,15,23-25H,9-12,14,16H2,1-2H3. The molecule has 0 amide bonds. The molecule has 0 saturated heterocycles. The lowest BCUT2D eigenvalue weighted by Gasteiger charge is -2.11. The number of nitro groups is 1. The first-order valence-electron chi connectivity index (χ1n) is 10.2. The Kier molecular flexibility index (Phi) is 8.43. The van der Waals surface area contributed by atoms with Crippen molar-refractivity contribution in [3.05, 3.63) is 81.8 Å². The van der Waals surface area contributed by atoms with Crippen LogP contribution >= 0.6 is 11.8 Å². The van der Waals surface area contributed by atoms with Gasteiger partial charge < -0.3 is 24.9 Å². The van der Waals surface area contributed by atoms with Crippen molar-refractivity contribution in [3.63, 3.8) is 0 Å². The summed E-state index contributed by atoms with van der Waals surface area (Å²) in [5.41, 5.74) is 2.28. The minimum absolute atomic E-state index is 0.428. The number of hydrogen-bond acceptors (Lipinski definition) is 7. The van der Waals surface area contributed by atoms with Crippen LogP contribution in [0.2, 0.25) is 0 Å². The van der Waals surface area contributed by atoms with E-state index in [1.165, 1.54) is 10.9 Å². The van der Waals surface area contributed by atoms with E-state index in [4.69, 9.17) is 4.42 Å². The Labute approximate surface area is 186 Å². The SMILES string of the molecule is CN(C)Cc1ccc(CSCCNC(=C[N+](=O)[O-])NCCc2c[nH]c3ccccc23)o1. The molecule has 0 aliphatic carbocycles. The van der Waals surface area contributed by atoms with Crippen LogP contribution in [0.4, 0.5) is 0 Å². The van der Waals surface area contributed by atoms with E-state index in [2.05, 4.69) is 26.6 Å². The van der Waals surface area contributed by atoms with Gasteiger partial charge >= 0.3 is 0 Å². The maximum absolute atomic E-state index is 11.0. The molecule has 0 unspecified atom stereocenters. The zero-order chi connectivity index (χ0) is 22.1. The zero-order valence-corrected chi connectivity index (χ0v) is 18.7. The van der Waals surface area contributed by atoms with Crippen molar-refractivity contribution in [2.75, 3.05) is 32.9 Å². The normalized spacial score (nSPS) is 11.9. The summed E-state index contributed by atoms with van der Waals surface area (Å²) < 4.78 is 5.80. The second-order valence-corrected chi connectivity index (χ2v) is 8.55. The average Bonchev–Trinajstić information content (AvgIpc) is 3.33. The predicted molar refractivity (Wildman–Crippen MR) is 125 cm³/mol. The molecule has 166 valence electrons. The summed E-state index contributed by atoms with van der Waals surface area (Å²) >= 11 is 1.72. The number of aromatic amines is 1. The van der Waals surface area contributed by atoms with E-state index in [1.807, 2.05) is 50.6 Å². The lowest BCUT2D eigenvalue weighted by molar-refractivity contribution is -0.404. The monoisotopic (exact) mass is 443 g/mol. The number of para-hydroxylation sites is 1. The highest BCUT2D eigenvalue weighted by Gasteiger charge is 2.07. The Hall–Kier alpha value is -2.91. The Morgan fingerprint density at radius 3 is 2.77 bits per heavy atom. The summed E-state index contributed by atoms with van der Waals surface area (Å²) in [5, 5.41) is 18.4. The molecule has 3 aromatic rings. The van der Waals surface area contributed by atoms with Gasteiger partial charge in [-0.3, -0.25) is 10.1 Å². The Bertz CT molecular complexity index is 1010. The van der Waals surface area contributed by atoms with E-state index in [9.17, 15) is 10.1 Å². The number of nitrogens with zero attached hydrogens (tertiary/aromatic N) is 2. The first kappa shape index (κ1) is 22.8. The zero-order valence-electron chi connectivity index (χ0n) is 17.9. The van der Waals surface area contributed by atoms with Crippen LogP contribution in [0.5, 0.6) is 0 Å². The summed E-state index contributed by atoms with van der Waals surface area (Å²) in [7, 11) is 4.01. The summed E-state index contributed by atoms with van der Waals surface area (Å²) in [4.78, 5) is 15.8. The lowest BCUT2D eigenvalue weighted by Crippen LogP contribution is -2.30. The number of rotatable bonds is 13. The number of hydrogen-bond donors (Lipinski definition) is 3. The van der Waals surface area contributed by atoms with Gasteiger partial charge in [0.15, 0.2) is 5.82 Å². The fraction of sp³-hybridized carbons (Fsp3) is 0.364. The Morgan fingerprint density at radius 2 is 1.97 bits per heavy atom. The van der Waals surface area contributed by atoms with E-state index in [0.29, 0.717) is 18.9 Å². The third kappa shape index (κ3) is 7.37. The molecule has 0 aliphatic heterocycles. The Balaban J connectivity index is 1.39. The topological polar surface area (TPSA) is 99.4 Å². The predicted octanol–water partition coefficient (Wildman–Crippen LogP) is 3.55. The van der Waals surface area contributed by atoms with E-state index in [-0.39, 0.29) is 0 Å². The third-order valence-corrected chi connectivity index (χ3v) is 5.60. The number of aromatic nitrogens is 1. The molecular weight excluding hydrogens is 414 g/mol. The number of H-pyrrole nitrogens is 1. The van der Waals surface area contributed by atoms with Crippen molar-refractivity contribution in [1.29, 1.82) is 0 Å². The highest BCUT2D eigenvalue weighted by atomic mass is 32.2. The molecule has 0 aliphatic rings. The van der Waals surface area contributed by atoms with Gasteiger partial charge in [-0.15, -0.1) is 0 Å². The molecule has 8 nitrogen and oxygen atoms in total. The van der Waals surface area contributed by atoms with Gasteiger partial charge in [0, 0.05) is 35.9 Å². The fourth-order valence-corrected chi connectivity index (χ4v) is 4.00. The van der Waals surface area contributed by atoms with Gasteiger partial charge in [0.25, 0.3) is 6.20 Å². The van der Waals surface area contributed by atoms with Crippen LogP contribution in [-0.2, 0) is 18.7 Å². The van der Waals surface area contributed by atoms with Crippen molar-refractivity contribution in [2.45, 2.75) is 18.7 Å². The van der Waals surface area contributed by atoms with Crippen molar-refractivity contribution in [2.24, 2.45) is 0 Å². The second kappa shape index (κ2) is 11.5. The minimum Gasteiger partial charge on any atom is -0.464 e. The summed E-state index contributed by atoms with van der Waals surface area (Å²) in [5.74, 6) is 3.91. The van der Waals surface area contributed by atoms with Gasteiger partial charge in [0.1, 0.15) is 11.5 Å². The molecule has 2 aromatic heterocycles. The van der Waals surface area contributed by atoms with E-state index in [0.717, 1.165) is 47.7 Å². The van der Waals surface area contributed by atoms with Gasteiger partial charge in [-0.2, -0.15) is 11.8 Å². The first-order valence-corrected chi connectivity index (χ1v) is 11.3. The first-order chi connectivity index (χ1) is 15.0. The van der Waals surface area contributed by atoms with Crippen LogP contribution in [0.3, 0.4) is 0 Å². The molecule has 9 heteroatoms. The van der Waals surface area contributed by atoms with Crippen LogP contribution < -0.4 is 10.6 Å². The number of fused-ring (bicyclic) bond motifs is 1. The van der Waals surface area contributed by atoms with Crippen LogP contribution in [0.15, 0.2) is 59.0 Å². The van der Waals surface area contributed by atoms with Crippen LogP contribution in [0.25, 0.3) is 10.9 Å². The van der Waals surface area contributed by atoms with Gasteiger partial charge in [0.2, 0.25) is 0 Å². The molecule has 0 fully saturated rings. The molecule has 2 heterocycles. The van der Waals surface area contributed by atoms with Crippen molar-refractivity contribution in [1.82, 2.24) is 20.5 Å². The molecule has 0 saturated carbocycles. The van der Waals surface area contributed by atoms with Gasteiger partial charge in [-0.05, 0) is 44.3 Å². The van der Waals surface area contributed by atoms with E-state index in [1.54, 1.807) is 11.8 Å². The molecule has 0 atom stereocenters. The average molecular weight is 444 g/mol. The molecule has 3 rings (SSSR count). The fourth-order valence-electron chi connectivity index (χ4n) is 3.26. The maximum atomic E-state index is 11.0. The number of thioether (sulfide) groups is 1. The Morgan fingerprint density at radius 1 is 1.19 bits per heavy atom. The largest absolute Gasteiger partial charge is 0.464 e. The maximum Gasteiger partial charge on any atom is 0.274 e. The summed E-state index contributed by atoms with van der Waals surface area (Å²) in [6, 6.07) is 12.1. The number of benzene rings is 1. The minimum atomic E-state index is -0.441. The van der Waals surface area contributed by atoms with Crippen LogP contribution in [0.1, 0.15) is 17.1 Å². The van der Waals surface area contributed by atoms with E-state index >= 15 is 0 Å². The smallest absolute Gasteiger partial charge is 0.274 e. The van der Waals surface area contributed by atoms with Gasteiger partial charge in [-0.25, -0.2) is 0 Å². The van der Waals surface area contributed by atoms with Crippen LogP contribution in [-0.4, -0.2) is 47.7 Å². The van der Waals surface area contributed by atoms with Crippen LogP contribution in [0, 0.1) is 10.1 Å². The molecule has 0 radical (unpaired) electrons. The van der Waals surface area contributed by atoms with E-state index < -0.39 is 4.92 Å². The molecule has 1 aromatic carbocycles. The third-order valence-electron chi connectivity index (χ3n) is 4.61. The highest BCUT2D eigenvalue weighted by Crippen LogP contribution is 2.18. The molecule has 0 bridgehead atoms. The summed E-state index contributed by atoms with van der Waals surface area (Å²) in [6.07, 6.45) is 3.75. The molecule has 0 spiro atoms.